The second-order valence-corrected chi connectivity index (χ2v) is 9.86. The van der Waals surface area contributed by atoms with Crippen molar-refractivity contribution in [1.29, 1.82) is 0 Å². The smallest absolute Gasteiger partial charge is 0.188 e. The lowest BCUT2D eigenvalue weighted by molar-refractivity contribution is 0.0511. The van der Waals surface area contributed by atoms with Crippen LogP contribution in [-0.4, -0.2) is 26.0 Å². The summed E-state index contributed by atoms with van der Waals surface area (Å²) in [6.07, 6.45) is 3.21. The molecular formula is C30H35NO4. The number of hydrogen-bond acceptors (Lipinski definition) is 5. The van der Waals surface area contributed by atoms with E-state index in [9.17, 15) is 0 Å². The third kappa shape index (κ3) is 4.51. The van der Waals surface area contributed by atoms with Crippen LogP contribution in [-0.2, 0) is 11.3 Å². The van der Waals surface area contributed by atoms with Gasteiger partial charge >= 0.3 is 0 Å². The monoisotopic (exact) mass is 473 g/mol. The number of rotatable bonds is 9. The van der Waals surface area contributed by atoms with E-state index in [1.54, 1.807) is 7.11 Å². The number of nitrogens with two attached hydrogens (primary N) is 1. The molecule has 0 radical (unpaired) electrons. The predicted octanol–water partition coefficient (Wildman–Crippen LogP) is 6.20. The summed E-state index contributed by atoms with van der Waals surface area (Å²) in [7, 11) is 1.63. The van der Waals surface area contributed by atoms with Gasteiger partial charge in [-0.1, -0.05) is 24.3 Å². The van der Waals surface area contributed by atoms with E-state index in [0.717, 1.165) is 36.5 Å². The molecular weight excluding hydrogens is 438 g/mol. The van der Waals surface area contributed by atoms with E-state index < -0.39 is 0 Å². The molecule has 3 aromatic rings. The molecule has 5 heteroatoms. The van der Waals surface area contributed by atoms with Crippen LogP contribution in [0.5, 0.6) is 17.2 Å². The van der Waals surface area contributed by atoms with E-state index in [1.807, 2.05) is 0 Å². The summed E-state index contributed by atoms with van der Waals surface area (Å²) in [6, 6.07) is 16.9. The Morgan fingerprint density at radius 1 is 0.971 bits per heavy atom. The maximum Gasteiger partial charge on any atom is 0.188 e. The first-order chi connectivity index (χ1) is 17.0. The Morgan fingerprint density at radius 2 is 1.74 bits per heavy atom. The van der Waals surface area contributed by atoms with E-state index in [2.05, 4.69) is 69.3 Å². The molecule has 1 fully saturated rings. The standard InChI is InChI=1S/C30H35NO4/c1-19-14-24(34-18-32-4)15-20(2)29(19)25-7-5-6-22(21(25)3)17-33-23-8-9-26-27(10-13-31)30(11-12-30)35-28(26)16-23/h5-9,14-16,27H,10-13,17-18,31H2,1-4H3. The molecule has 1 saturated carbocycles. The fraction of sp³-hybridized carbons (Fsp3) is 0.400. The average Bonchev–Trinajstić information content (AvgIpc) is 3.54. The highest BCUT2D eigenvalue weighted by atomic mass is 16.7. The van der Waals surface area contributed by atoms with Gasteiger partial charge in [0.1, 0.15) is 29.5 Å². The predicted molar refractivity (Wildman–Crippen MR) is 138 cm³/mol. The minimum atomic E-state index is -0.00881. The van der Waals surface area contributed by atoms with Crippen molar-refractivity contribution >= 4 is 0 Å². The molecule has 1 atom stereocenters. The molecule has 5 rings (SSSR count). The van der Waals surface area contributed by atoms with Gasteiger partial charge in [-0.2, -0.15) is 0 Å². The molecule has 1 aliphatic heterocycles. The molecule has 1 unspecified atom stereocenters. The van der Waals surface area contributed by atoms with Crippen molar-refractivity contribution in [1.82, 2.24) is 0 Å². The Morgan fingerprint density at radius 3 is 2.43 bits per heavy atom. The molecule has 0 bridgehead atoms. The minimum absolute atomic E-state index is 0.00881. The Balaban J connectivity index is 1.35. The quantitative estimate of drug-likeness (QED) is 0.375. The van der Waals surface area contributed by atoms with Crippen LogP contribution >= 0.6 is 0 Å². The van der Waals surface area contributed by atoms with E-state index >= 15 is 0 Å². The van der Waals surface area contributed by atoms with Gasteiger partial charge in [-0.05, 0) is 98.2 Å². The van der Waals surface area contributed by atoms with Crippen molar-refractivity contribution in [2.45, 2.75) is 58.2 Å². The molecule has 0 amide bonds. The van der Waals surface area contributed by atoms with E-state index in [4.69, 9.17) is 24.7 Å². The van der Waals surface area contributed by atoms with Crippen LogP contribution < -0.4 is 19.9 Å². The van der Waals surface area contributed by atoms with Crippen LogP contribution in [0.2, 0.25) is 0 Å². The molecule has 1 heterocycles. The highest BCUT2D eigenvalue weighted by molar-refractivity contribution is 5.75. The SMILES string of the molecule is COCOc1cc(C)c(-c2cccc(COc3ccc4c(c3)OC3(CC3)C4CCN)c2C)c(C)c1. The lowest BCUT2D eigenvalue weighted by atomic mass is 9.90. The summed E-state index contributed by atoms with van der Waals surface area (Å²) < 4.78 is 23.3. The zero-order valence-electron chi connectivity index (χ0n) is 21.1. The zero-order valence-corrected chi connectivity index (χ0v) is 21.1. The van der Waals surface area contributed by atoms with Crippen LogP contribution in [0.3, 0.4) is 0 Å². The van der Waals surface area contributed by atoms with Crippen LogP contribution in [0.15, 0.2) is 48.5 Å². The van der Waals surface area contributed by atoms with Gasteiger partial charge < -0.3 is 24.7 Å². The summed E-state index contributed by atoms with van der Waals surface area (Å²) in [5.74, 6) is 3.03. The van der Waals surface area contributed by atoms with E-state index in [-0.39, 0.29) is 12.4 Å². The third-order valence-electron chi connectivity index (χ3n) is 7.47. The zero-order chi connectivity index (χ0) is 24.6. The molecule has 0 saturated heterocycles. The molecule has 2 N–H and O–H groups in total. The van der Waals surface area contributed by atoms with Crippen LogP contribution in [0.25, 0.3) is 11.1 Å². The summed E-state index contributed by atoms with van der Waals surface area (Å²) in [5, 5.41) is 0. The van der Waals surface area contributed by atoms with Crippen molar-refractivity contribution in [3.8, 4) is 28.4 Å². The van der Waals surface area contributed by atoms with Crippen molar-refractivity contribution in [2.75, 3.05) is 20.4 Å². The second-order valence-electron chi connectivity index (χ2n) is 9.86. The first kappa shape index (κ1) is 23.7. The van der Waals surface area contributed by atoms with Gasteiger partial charge in [0.2, 0.25) is 0 Å². The number of benzene rings is 3. The van der Waals surface area contributed by atoms with Crippen molar-refractivity contribution in [3.63, 3.8) is 0 Å². The largest absolute Gasteiger partial charge is 0.489 e. The highest BCUT2D eigenvalue weighted by Gasteiger charge is 2.56. The normalized spacial score (nSPS) is 17.2. The summed E-state index contributed by atoms with van der Waals surface area (Å²) in [4.78, 5) is 0. The van der Waals surface area contributed by atoms with E-state index in [1.165, 1.54) is 38.9 Å². The maximum atomic E-state index is 6.37. The Bertz CT molecular complexity index is 1210. The highest BCUT2D eigenvalue weighted by Crippen LogP contribution is 2.59. The van der Waals surface area contributed by atoms with Crippen molar-refractivity contribution < 1.29 is 18.9 Å². The Kier molecular flexibility index (Phi) is 6.47. The van der Waals surface area contributed by atoms with Gasteiger partial charge in [0, 0.05) is 24.7 Å². The first-order valence-electron chi connectivity index (χ1n) is 12.4. The first-order valence-corrected chi connectivity index (χ1v) is 12.4. The molecule has 2 aliphatic rings. The van der Waals surface area contributed by atoms with E-state index in [0.29, 0.717) is 19.1 Å². The molecule has 5 nitrogen and oxygen atoms in total. The van der Waals surface area contributed by atoms with Gasteiger partial charge in [-0.3, -0.25) is 0 Å². The number of ether oxygens (including phenoxy) is 4. The lowest BCUT2D eigenvalue weighted by Gasteiger charge is -2.18. The topological polar surface area (TPSA) is 62.9 Å². The Labute approximate surface area is 208 Å². The number of methoxy groups -OCH3 is 1. The molecule has 0 aromatic heterocycles. The van der Waals surface area contributed by atoms with Crippen molar-refractivity contribution in [3.05, 3.63) is 76.3 Å². The fourth-order valence-corrected chi connectivity index (χ4v) is 5.54. The molecule has 1 aliphatic carbocycles. The summed E-state index contributed by atoms with van der Waals surface area (Å²) >= 11 is 0. The fourth-order valence-electron chi connectivity index (χ4n) is 5.54. The molecule has 35 heavy (non-hydrogen) atoms. The van der Waals surface area contributed by atoms with Gasteiger partial charge in [-0.25, -0.2) is 0 Å². The van der Waals surface area contributed by atoms with Crippen LogP contribution in [0.4, 0.5) is 0 Å². The van der Waals surface area contributed by atoms with Gasteiger partial charge in [0.25, 0.3) is 0 Å². The Hall–Kier alpha value is -3.02. The average molecular weight is 474 g/mol. The molecule has 184 valence electrons. The molecule has 1 spiro atoms. The van der Waals surface area contributed by atoms with Gasteiger partial charge in [-0.15, -0.1) is 0 Å². The minimum Gasteiger partial charge on any atom is -0.489 e. The van der Waals surface area contributed by atoms with Gasteiger partial charge in [0.05, 0.1) is 0 Å². The number of aryl methyl sites for hydroxylation is 2. The number of fused-ring (bicyclic) bond motifs is 1. The summed E-state index contributed by atoms with van der Waals surface area (Å²) in [6.45, 7) is 7.85. The molecule has 3 aromatic carbocycles. The lowest BCUT2D eigenvalue weighted by Crippen LogP contribution is -2.22. The van der Waals surface area contributed by atoms with Gasteiger partial charge in [0.15, 0.2) is 6.79 Å². The van der Waals surface area contributed by atoms with Crippen molar-refractivity contribution in [2.24, 2.45) is 5.73 Å². The summed E-state index contributed by atoms with van der Waals surface area (Å²) in [5.41, 5.74) is 14.3. The third-order valence-corrected chi connectivity index (χ3v) is 7.47. The van der Waals surface area contributed by atoms with Crippen LogP contribution in [0.1, 0.15) is 53.0 Å². The second kappa shape index (κ2) is 9.56. The maximum absolute atomic E-state index is 6.37. The number of hydrogen-bond donors (Lipinski definition) is 1. The van der Waals surface area contributed by atoms with Crippen LogP contribution in [0, 0.1) is 20.8 Å².